The molecule has 0 bridgehead atoms. The first-order valence-electron chi connectivity index (χ1n) is 4.70. The Morgan fingerprint density at radius 3 is 2.64 bits per heavy atom. The minimum Gasteiger partial charge on any atom is -0.380 e. The van der Waals surface area contributed by atoms with Gasteiger partial charge in [0.25, 0.3) is 5.69 Å². The summed E-state index contributed by atoms with van der Waals surface area (Å²) in [7, 11) is 0. The summed E-state index contributed by atoms with van der Waals surface area (Å²) < 4.78 is 0. The third kappa shape index (κ3) is 2.22. The molecule has 1 aromatic carbocycles. The summed E-state index contributed by atoms with van der Waals surface area (Å²) in [5, 5.41) is 13.7. The molecule has 0 amide bonds. The highest BCUT2D eigenvalue weighted by Gasteiger charge is 2.12. The molecule has 0 unspecified atom stereocenters. The maximum atomic E-state index is 10.7. The van der Waals surface area contributed by atoms with E-state index in [0.717, 1.165) is 12.0 Å². The van der Waals surface area contributed by atoms with Gasteiger partial charge in [-0.3, -0.25) is 10.1 Å². The third-order valence-corrected chi connectivity index (χ3v) is 2.03. The number of benzene rings is 1. The summed E-state index contributed by atoms with van der Waals surface area (Å²) in [6.45, 7) is 4.58. The Morgan fingerprint density at radius 1 is 1.43 bits per heavy atom. The van der Waals surface area contributed by atoms with Gasteiger partial charge in [-0.25, -0.2) is 0 Å². The summed E-state index contributed by atoms with van der Waals surface area (Å²) in [5.41, 5.74) is 1.74. The van der Waals surface area contributed by atoms with Crippen molar-refractivity contribution in [2.45, 2.75) is 20.3 Å². The molecule has 1 rings (SSSR count). The van der Waals surface area contributed by atoms with Gasteiger partial charge in [-0.15, -0.1) is 0 Å². The first kappa shape index (κ1) is 10.5. The van der Waals surface area contributed by atoms with Gasteiger partial charge in [-0.1, -0.05) is 13.0 Å². The molecule has 14 heavy (non-hydrogen) atoms. The largest absolute Gasteiger partial charge is 0.380 e. The van der Waals surface area contributed by atoms with E-state index in [1.54, 1.807) is 12.1 Å². The van der Waals surface area contributed by atoms with Crippen LogP contribution in [0.15, 0.2) is 18.2 Å². The van der Waals surface area contributed by atoms with Gasteiger partial charge in [0, 0.05) is 12.6 Å². The number of nitrogens with one attached hydrogen (secondary N) is 1. The average Bonchev–Trinajstić information content (AvgIpc) is 2.18. The van der Waals surface area contributed by atoms with Gasteiger partial charge < -0.3 is 5.32 Å². The number of hydrogen-bond donors (Lipinski definition) is 1. The fraction of sp³-hybridized carbons (Fsp3) is 0.400. The molecule has 1 N–H and O–H groups in total. The van der Waals surface area contributed by atoms with Crippen molar-refractivity contribution in [1.82, 2.24) is 0 Å². The minimum atomic E-state index is -0.350. The Morgan fingerprint density at radius 2 is 2.14 bits per heavy atom. The van der Waals surface area contributed by atoms with Crippen molar-refractivity contribution in [2.24, 2.45) is 0 Å². The lowest BCUT2D eigenvalue weighted by molar-refractivity contribution is -0.384. The van der Waals surface area contributed by atoms with Gasteiger partial charge in [0.2, 0.25) is 0 Å². The molecule has 4 nitrogen and oxygen atoms in total. The number of nitrogens with zero attached hydrogens (tertiary/aromatic N) is 1. The van der Waals surface area contributed by atoms with Crippen molar-refractivity contribution in [1.29, 1.82) is 0 Å². The molecule has 0 aliphatic heterocycles. The molecule has 0 saturated heterocycles. The normalized spacial score (nSPS) is 9.86. The molecule has 0 aromatic heterocycles. The van der Waals surface area contributed by atoms with Crippen LogP contribution < -0.4 is 5.32 Å². The summed E-state index contributed by atoms with van der Waals surface area (Å²) in [5.74, 6) is 0. The molecule has 0 aliphatic rings. The summed E-state index contributed by atoms with van der Waals surface area (Å²) in [6.07, 6.45) is 0.813. The molecule has 0 radical (unpaired) electrons. The number of nitro groups is 1. The number of nitro benzene ring substituents is 1. The van der Waals surface area contributed by atoms with Crippen LogP contribution in [0.25, 0.3) is 0 Å². The van der Waals surface area contributed by atoms with Gasteiger partial charge >= 0.3 is 0 Å². The van der Waals surface area contributed by atoms with E-state index in [4.69, 9.17) is 0 Å². The second kappa shape index (κ2) is 4.60. The van der Waals surface area contributed by atoms with E-state index in [9.17, 15) is 10.1 Å². The number of hydrogen-bond acceptors (Lipinski definition) is 3. The average molecular weight is 194 g/mol. The highest BCUT2D eigenvalue weighted by molar-refractivity contribution is 5.62. The molecule has 0 spiro atoms. The Bertz CT molecular complexity index is 337. The van der Waals surface area contributed by atoms with Crippen LogP contribution >= 0.6 is 0 Å². The number of rotatable bonds is 4. The van der Waals surface area contributed by atoms with Crippen LogP contribution in [0.3, 0.4) is 0 Å². The predicted octanol–water partition coefficient (Wildman–Crippen LogP) is 2.59. The molecule has 1 aromatic rings. The van der Waals surface area contributed by atoms with Crippen molar-refractivity contribution in [3.8, 4) is 0 Å². The monoisotopic (exact) mass is 194 g/mol. The van der Waals surface area contributed by atoms with E-state index in [1.165, 1.54) is 0 Å². The topological polar surface area (TPSA) is 55.2 Å². The standard InChI is InChI=1S/C10H14N2O2/c1-3-8-5-6-9(11-4-2)10(7-8)12(13)14/h5-7,11H,3-4H2,1-2H3. The number of aryl methyl sites for hydroxylation is 1. The molecule has 0 aliphatic carbocycles. The van der Waals surface area contributed by atoms with Gasteiger partial charge in [0.1, 0.15) is 5.69 Å². The Hall–Kier alpha value is -1.58. The molecule has 76 valence electrons. The molecule has 0 heterocycles. The van der Waals surface area contributed by atoms with Crippen molar-refractivity contribution in [2.75, 3.05) is 11.9 Å². The quantitative estimate of drug-likeness (QED) is 0.592. The maximum Gasteiger partial charge on any atom is 0.292 e. The van der Waals surface area contributed by atoms with E-state index in [-0.39, 0.29) is 10.6 Å². The maximum absolute atomic E-state index is 10.7. The lowest BCUT2D eigenvalue weighted by Crippen LogP contribution is -2.01. The van der Waals surface area contributed by atoms with Gasteiger partial charge in [-0.2, -0.15) is 0 Å². The first-order chi connectivity index (χ1) is 6.69. The SMILES string of the molecule is CCNc1ccc(CC)cc1[N+](=O)[O-]. The van der Waals surface area contributed by atoms with Crippen LogP contribution in [-0.4, -0.2) is 11.5 Å². The summed E-state index contributed by atoms with van der Waals surface area (Å²) in [6, 6.07) is 5.30. The molecule has 0 saturated carbocycles. The van der Waals surface area contributed by atoms with Crippen molar-refractivity contribution in [3.63, 3.8) is 0 Å². The van der Waals surface area contributed by atoms with Gasteiger partial charge in [-0.05, 0) is 25.0 Å². The van der Waals surface area contributed by atoms with E-state index < -0.39 is 0 Å². The fourth-order valence-corrected chi connectivity index (χ4v) is 1.29. The smallest absolute Gasteiger partial charge is 0.292 e. The van der Waals surface area contributed by atoms with Crippen molar-refractivity contribution < 1.29 is 4.92 Å². The van der Waals surface area contributed by atoms with Gasteiger partial charge in [0.15, 0.2) is 0 Å². The van der Waals surface area contributed by atoms with Crippen LogP contribution in [0.4, 0.5) is 11.4 Å². The van der Waals surface area contributed by atoms with E-state index in [0.29, 0.717) is 12.2 Å². The van der Waals surface area contributed by atoms with E-state index in [2.05, 4.69) is 5.32 Å². The molecular formula is C10H14N2O2. The van der Waals surface area contributed by atoms with E-state index in [1.807, 2.05) is 19.9 Å². The zero-order chi connectivity index (χ0) is 10.6. The Kier molecular flexibility index (Phi) is 3.45. The van der Waals surface area contributed by atoms with Crippen LogP contribution in [0.2, 0.25) is 0 Å². The summed E-state index contributed by atoms with van der Waals surface area (Å²) in [4.78, 5) is 10.4. The van der Waals surface area contributed by atoms with Crippen LogP contribution in [0, 0.1) is 10.1 Å². The second-order valence-corrected chi connectivity index (χ2v) is 2.99. The molecule has 4 heteroatoms. The van der Waals surface area contributed by atoms with Crippen molar-refractivity contribution >= 4 is 11.4 Å². The highest BCUT2D eigenvalue weighted by atomic mass is 16.6. The minimum absolute atomic E-state index is 0.159. The Balaban J connectivity index is 3.10. The molecular weight excluding hydrogens is 180 g/mol. The van der Waals surface area contributed by atoms with Crippen LogP contribution in [0.1, 0.15) is 19.4 Å². The first-order valence-corrected chi connectivity index (χ1v) is 4.70. The van der Waals surface area contributed by atoms with Gasteiger partial charge in [0.05, 0.1) is 4.92 Å². The zero-order valence-electron chi connectivity index (χ0n) is 8.41. The van der Waals surface area contributed by atoms with Crippen molar-refractivity contribution in [3.05, 3.63) is 33.9 Å². The predicted molar refractivity (Wildman–Crippen MR) is 56.6 cm³/mol. The zero-order valence-corrected chi connectivity index (χ0v) is 8.41. The van der Waals surface area contributed by atoms with Crippen LogP contribution in [-0.2, 0) is 6.42 Å². The fourth-order valence-electron chi connectivity index (χ4n) is 1.29. The highest BCUT2D eigenvalue weighted by Crippen LogP contribution is 2.25. The molecule has 0 fully saturated rings. The second-order valence-electron chi connectivity index (χ2n) is 2.99. The lowest BCUT2D eigenvalue weighted by Gasteiger charge is -2.05. The van der Waals surface area contributed by atoms with Crippen LogP contribution in [0.5, 0.6) is 0 Å². The number of anilines is 1. The lowest BCUT2D eigenvalue weighted by atomic mass is 10.1. The molecule has 0 atom stereocenters. The summed E-state index contributed by atoms with van der Waals surface area (Å²) >= 11 is 0. The Labute approximate surface area is 83.1 Å². The third-order valence-electron chi connectivity index (χ3n) is 2.03. The van der Waals surface area contributed by atoms with E-state index >= 15 is 0 Å².